The SMILES string of the molecule is O=C1OC(c2ccc(Cl)cc2)C(Cn2cncn2)(c2ccc(Cl)cc2)O1. The van der Waals surface area contributed by atoms with Crippen molar-refractivity contribution in [2.24, 2.45) is 0 Å². The minimum absolute atomic E-state index is 0.230. The molecule has 0 saturated carbocycles. The number of benzene rings is 2. The van der Waals surface area contributed by atoms with Gasteiger partial charge >= 0.3 is 6.16 Å². The molecule has 1 fully saturated rings. The van der Waals surface area contributed by atoms with Crippen LogP contribution in [-0.4, -0.2) is 20.9 Å². The lowest BCUT2D eigenvalue weighted by molar-refractivity contribution is 0.00355. The Hall–Kier alpha value is -2.57. The van der Waals surface area contributed by atoms with E-state index in [9.17, 15) is 4.79 Å². The summed E-state index contributed by atoms with van der Waals surface area (Å²) in [5.41, 5.74) is 0.377. The van der Waals surface area contributed by atoms with E-state index in [2.05, 4.69) is 10.1 Å². The van der Waals surface area contributed by atoms with Gasteiger partial charge < -0.3 is 9.47 Å². The van der Waals surface area contributed by atoms with Gasteiger partial charge in [0.05, 0.1) is 6.54 Å². The fraction of sp³-hybridized carbons (Fsp3) is 0.167. The van der Waals surface area contributed by atoms with Gasteiger partial charge in [-0.15, -0.1) is 0 Å². The van der Waals surface area contributed by atoms with Gasteiger partial charge in [0.1, 0.15) is 12.7 Å². The lowest BCUT2D eigenvalue weighted by atomic mass is 9.84. The molecule has 26 heavy (non-hydrogen) atoms. The molecule has 3 aromatic rings. The number of cyclic esters (lactones) is 2. The first-order chi connectivity index (χ1) is 12.6. The maximum Gasteiger partial charge on any atom is 0.510 e. The molecule has 132 valence electrons. The van der Waals surface area contributed by atoms with Gasteiger partial charge in [-0.3, -0.25) is 0 Å². The van der Waals surface area contributed by atoms with Crippen LogP contribution in [0.2, 0.25) is 10.0 Å². The number of hydrogen-bond acceptors (Lipinski definition) is 5. The topological polar surface area (TPSA) is 66.2 Å². The average Bonchev–Trinajstić information content (AvgIpc) is 3.25. The monoisotopic (exact) mass is 389 g/mol. The van der Waals surface area contributed by atoms with E-state index in [1.807, 2.05) is 12.1 Å². The van der Waals surface area contributed by atoms with E-state index < -0.39 is 17.9 Å². The van der Waals surface area contributed by atoms with E-state index >= 15 is 0 Å². The van der Waals surface area contributed by atoms with Gasteiger partial charge in [-0.05, 0) is 29.8 Å². The molecule has 2 heterocycles. The molecule has 2 aromatic carbocycles. The van der Waals surface area contributed by atoms with Crippen LogP contribution in [-0.2, 0) is 21.6 Å². The van der Waals surface area contributed by atoms with Crippen molar-refractivity contribution in [2.45, 2.75) is 18.2 Å². The first kappa shape index (κ1) is 16.9. The van der Waals surface area contributed by atoms with Crippen molar-refractivity contribution in [1.29, 1.82) is 0 Å². The molecule has 0 N–H and O–H groups in total. The van der Waals surface area contributed by atoms with Crippen molar-refractivity contribution in [3.63, 3.8) is 0 Å². The van der Waals surface area contributed by atoms with Gasteiger partial charge in [0.15, 0.2) is 6.10 Å². The molecular formula is C18H13Cl2N3O3. The summed E-state index contributed by atoms with van der Waals surface area (Å²) in [6.45, 7) is 0.230. The minimum atomic E-state index is -1.12. The molecule has 0 spiro atoms. The molecule has 1 aliphatic heterocycles. The van der Waals surface area contributed by atoms with Crippen LogP contribution < -0.4 is 0 Å². The van der Waals surface area contributed by atoms with Crippen LogP contribution in [0, 0.1) is 0 Å². The number of rotatable bonds is 4. The third-order valence-electron chi connectivity index (χ3n) is 4.27. The van der Waals surface area contributed by atoms with Crippen molar-refractivity contribution in [1.82, 2.24) is 14.8 Å². The molecule has 8 heteroatoms. The van der Waals surface area contributed by atoms with Crippen LogP contribution in [0.5, 0.6) is 0 Å². The molecule has 6 nitrogen and oxygen atoms in total. The Morgan fingerprint density at radius 3 is 2.31 bits per heavy atom. The second kappa shape index (κ2) is 6.63. The summed E-state index contributed by atoms with van der Waals surface area (Å²) in [5.74, 6) is 0. The molecule has 1 saturated heterocycles. The Kier molecular flexibility index (Phi) is 4.30. The number of carbonyl (C=O) groups excluding carboxylic acids is 1. The predicted molar refractivity (Wildman–Crippen MR) is 94.9 cm³/mol. The van der Waals surface area contributed by atoms with Crippen LogP contribution in [0.25, 0.3) is 0 Å². The maximum absolute atomic E-state index is 12.1. The maximum atomic E-state index is 12.1. The highest BCUT2D eigenvalue weighted by molar-refractivity contribution is 6.30. The molecule has 2 atom stereocenters. The second-order valence-electron chi connectivity index (χ2n) is 5.89. The first-order valence-electron chi connectivity index (χ1n) is 7.80. The number of ether oxygens (including phenoxy) is 2. The summed E-state index contributed by atoms with van der Waals surface area (Å²) in [5, 5.41) is 5.32. The van der Waals surface area contributed by atoms with E-state index in [-0.39, 0.29) is 6.54 Å². The molecule has 0 radical (unpaired) electrons. The van der Waals surface area contributed by atoms with Crippen LogP contribution in [0.1, 0.15) is 17.2 Å². The second-order valence-corrected chi connectivity index (χ2v) is 6.76. The van der Waals surface area contributed by atoms with Gasteiger partial charge in [-0.1, -0.05) is 47.5 Å². The Bertz CT molecular complexity index is 914. The van der Waals surface area contributed by atoms with Gasteiger partial charge in [-0.25, -0.2) is 14.5 Å². The van der Waals surface area contributed by atoms with Crippen molar-refractivity contribution in [3.05, 3.63) is 82.4 Å². The van der Waals surface area contributed by atoms with Gasteiger partial charge in [0.25, 0.3) is 0 Å². The zero-order valence-electron chi connectivity index (χ0n) is 13.4. The zero-order chi connectivity index (χ0) is 18.1. The van der Waals surface area contributed by atoms with Crippen molar-refractivity contribution in [2.75, 3.05) is 0 Å². The van der Waals surface area contributed by atoms with Crippen molar-refractivity contribution in [3.8, 4) is 0 Å². The zero-order valence-corrected chi connectivity index (χ0v) is 14.9. The van der Waals surface area contributed by atoms with Crippen LogP contribution in [0.15, 0.2) is 61.2 Å². The molecular weight excluding hydrogens is 377 g/mol. The fourth-order valence-electron chi connectivity index (χ4n) is 3.10. The van der Waals surface area contributed by atoms with Gasteiger partial charge in [0, 0.05) is 15.6 Å². The molecule has 0 amide bonds. The predicted octanol–water partition coefficient (Wildman–Crippen LogP) is 4.39. The highest BCUT2D eigenvalue weighted by Crippen LogP contribution is 2.47. The first-order valence-corrected chi connectivity index (χ1v) is 8.56. The fourth-order valence-corrected chi connectivity index (χ4v) is 3.35. The summed E-state index contributed by atoms with van der Waals surface area (Å²) in [4.78, 5) is 16.1. The lowest BCUT2D eigenvalue weighted by Crippen LogP contribution is -2.37. The number of carbonyl (C=O) groups is 1. The third-order valence-corrected chi connectivity index (χ3v) is 4.78. The molecule has 4 rings (SSSR count). The van der Waals surface area contributed by atoms with Crippen molar-refractivity contribution < 1.29 is 14.3 Å². The van der Waals surface area contributed by atoms with E-state index in [1.165, 1.54) is 6.33 Å². The van der Waals surface area contributed by atoms with Gasteiger partial charge in [0.2, 0.25) is 5.60 Å². The van der Waals surface area contributed by atoms with E-state index in [4.69, 9.17) is 32.7 Å². The molecule has 2 unspecified atom stereocenters. The summed E-state index contributed by atoms with van der Waals surface area (Å²) in [6, 6.07) is 14.2. The Balaban J connectivity index is 1.85. The van der Waals surface area contributed by atoms with Crippen LogP contribution >= 0.6 is 23.2 Å². The Labute approximate surface area is 159 Å². The van der Waals surface area contributed by atoms with E-state index in [1.54, 1.807) is 47.4 Å². The minimum Gasteiger partial charge on any atom is -0.421 e. The lowest BCUT2D eigenvalue weighted by Gasteiger charge is -2.31. The summed E-state index contributed by atoms with van der Waals surface area (Å²) in [6.07, 6.45) is 1.55. The number of hydrogen-bond donors (Lipinski definition) is 0. The highest BCUT2D eigenvalue weighted by atomic mass is 35.5. The molecule has 1 aliphatic rings. The number of aromatic nitrogens is 3. The highest BCUT2D eigenvalue weighted by Gasteiger charge is 2.54. The normalized spacial score (nSPS) is 22.1. The third kappa shape index (κ3) is 3.02. The van der Waals surface area contributed by atoms with E-state index in [0.717, 1.165) is 11.1 Å². The molecule has 1 aromatic heterocycles. The smallest absolute Gasteiger partial charge is 0.421 e. The summed E-state index contributed by atoms with van der Waals surface area (Å²) in [7, 11) is 0. The number of nitrogens with zero attached hydrogens (tertiary/aromatic N) is 3. The van der Waals surface area contributed by atoms with Crippen LogP contribution in [0.3, 0.4) is 0 Å². The quantitative estimate of drug-likeness (QED) is 0.619. The Morgan fingerprint density at radius 2 is 1.69 bits per heavy atom. The average molecular weight is 390 g/mol. The largest absolute Gasteiger partial charge is 0.510 e. The molecule has 0 aliphatic carbocycles. The molecule has 0 bridgehead atoms. The van der Waals surface area contributed by atoms with E-state index in [0.29, 0.717) is 10.0 Å². The summed E-state index contributed by atoms with van der Waals surface area (Å²) >= 11 is 12.0. The van der Waals surface area contributed by atoms with Gasteiger partial charge in [-0.2, -0.15) is 5.10 Å². The van der Waals surface area contributed by atoms with Crippen molar-refractivity contribution >= 4 is 29.4 Å². The standard InChI is InChI=1S/C18H13Cl2N3O3/c19-14-5-1-12(2-6-14)16-18(26-17(24)25-16,9-23-11-21-10-22-23)13-3-7-15(20)8-4-13/h1-8,10-11,16H,9H2. The number of halogens is 2. The van der Waals surface area contributed by atoms with Crippen LogP contribution in [0.4, 0.5) is 4.79 Å². The summed E-state index contributed by atoms with van der Waals surface area (Å²) < 4.78 is 12.9. The Morgan fingerprint density at radius 1 is 1.04 bits per heavy atom.